The lowest BCUT2D eigenvalue weighted by Crippen LogP contribution is -2.12. The van der Waals surface area contributed by atoms with Crippen LogP contribution in [-0.4, -0.2) is 19.9 Å². The van der Waals surface area contributed by atoms with E-state index in [-0.39, 0.29) is 0 Å². The minimum atomic E-state index is -0.409. The van der Waals surface area contributed by atoms with Crippen molar-refractivity contribution >= 4 is 0 Å². The molecule has 0 saturated heterocycles. The third-order valence-electron chi connectivity index (χ3n) is 3.25. The van der Waals surface area contributed by atoms with Crippen molar-refractivity contribution in [1.29, 1.82) is 0 Å². The van der Waals surface area contributed by atoms with E-state index in [2.05, 4.69) is 23.9 Å². The van der Waals surface area contributed by atoms with Gasteiger partial charge < -0.3 is 9.84 Å². The van der Waals surface area contributed by atoms with Gasteiger partial charge in [0.15, 0.2) is 5.82 Å². The molecule has 5 heteroatoms. The lowest BCUT2D eigenvalue weighted by atomic mass is 10.1. The zero-order valence-corrected chi connectivity index (χ0v) is 12.9. The van der Waals surface area contributed by atoms with Gasteiger partial charge in [-0.2, -0.15) is 5.10 Å². The average molecular weight is 289 g/mol. The minimum absolute atomic E-state index is 0.391. The quantitative estimate of drug-likeness (QED) is 0.851. The summed E-state index contributed by atoms with van der Waals surface area (Å²) in [5, 5.41) is 14.0. The highest BCUT2D eigenvalue weighted by Crippen LogP contribution is 2.20. The zero-order chi connectivity index (χ0) is 15.2. The van der Waals surface area contributed by atoms with E-state index >= 15 is 0 Å². The maximum atomic E-state index is 9.76. The van der Waals surface area contributed by atoms with Crippen molar-refractivity contribution in [3.8, 4) is 5.75 Å². The molecule has 21 heavy (non-hydrogen) atoms. The van der Waals surface area contributed by atoms with Crippen molar-refractivity contribution in [1.82, 2.24) is 14.8 Å². The Morgan fingerprint density at radius 1 is 1.24 bits per heavy atom. The number of benzene rings is 1. The summed E-state index contributed by atoms with van der Waals surface area (Å²) in [7, 11) is 0. The SMILES string of the molecule is CCC(O)c1ccc(OCc2ncnn2CC(C)C)cc1. The Labute approximate surface area is 125 Å². The summed E-state index contributed by atoms with van der Waals surface area (Å²) in [5.41, 5.74) is 0.910. The van der Waals surface area contributed by atoms with Crippen LogP contribution in [0.5, 0.6) is 5.75 Å². The number of aromatic nitrogens is 3. The van der Waals surface area contributed by atoms with E-state index in [4.69, 9.17) is 4.74 Å². The summed E-state index contributed by atoms with van der Waals surface area (Å²) >= 11 is 0. The summed E-state index contributed by atoms with van der Waals surface area (Å²) in [6, 6.07) is 7.53. The van der Waals surface area contributed by atoms with E-state index in [1.807, 2.05) is 35.9 Å². The van der Waals surface area contributed by atoms with Crippen LogP contribution in [0, 0.1) is 5.92 Å². The van der Waals surface area contributed by atoms with Crippen LogP contribution in [0.25, 0.3) is 0 Å². The van der Waals surface area contributed by atoms with Gasteiger partial charge in [-0.3, -0.25) is 0 Å². The number of ether oxygens (including phenoxy) is 1. The molecule has 0 bridgehead atoms. The molecule has 0 spiro atoms. The van der Waals surface area contributed by atoms with E-state index in [1.54, 1.807) is 6.33 Å². The van der Waals surface area contributed by atoms with Crippen LogP contribution in [0.2, 0.25) is 0 Å². The molecule has 0 aliphatic carbocycles. The molecule has 114 valence electrons. The number of aliphatic hydroxyl groups excluding tert-OH is 1. The van der Waals surface area contributed by atoms with Crippen LogP contribution in [0.1, 0.15) is 44.7 Å². The molecular formula is C16H23N3O2. The first kappa shape index (κ1) is 15.5. The second kappa shape index (κ2) is 7.22. The molecule has 5 nitrogen and oxygen atoms in total. The number of rotatable bonds is 7. The van der Waals surface area contributed by atoms with Crippen molar-refractivity contribution < 1.29 is 9.84 Å². The summed E-state index contributed by atoms with van der Waals surface area (Å²) in [6.45, 7) is 7.47. The van der Waals surface area contributed by atoms with Gasteiger partial charge >= 0.3 is 0 Å². The smallest absolute Gasteiger partial charge is 0.164 e. The average Bonchev–Trinajstić information content (AvgIpc) is 2.91. The Balaban J connectivity index is 1.95. The summed E-state index contributed by atoms with van der Waals surface area (Å²) in [5.74, 6) is 2.10. The Bertz CT molecular complexity index is 549. The van der Waals surface area contributed by atoms with Crippen molar-refractivity contribution in [2.24, 2.45) is 5.92 Å². The van der Waals surface area contributed by atoms with Crippen molar-refractivity contribution in [3.63, 3.8) is 0 Å². The fourth-order valence-corrected chi connectivity index (χ4v) is 2.07. The number of hydrogen-bond donors (Lipinski definition) is 1. The highest BCUT2D eigenvalue weighted by atomic mass is 16.5. The molecule has 0 fully saturated rings. The molecule has 1 aromatic heterocycles. The molecule has 0 aliphatic rings. The highest BCUT2D eigenvalue weighted by molar-refractivity contribution is 5.28. The Morgan fingerprint density at radius 2 is 1.95 bits per heavy atom. The fraction of sp³-hybridized carbons (Fsp3) is 0.500. The van der Waals surface area contributed by atoms with Crippen LogP contribution in [0.15, 0.2) is 30.6 Å². The normalized spacial score (nSPS) is 12.6. The van der Waals surface area contributed by atoms with E-state index in [0.29, 0.717) is 18.9 Å². The molecule has 0 radical (unpaired) electrons. The van der Waals surface area contributed by atoms with E-state index in [1.165, 1.54) is 0 Å². The Hall–Kier alpha value is -1.88. The van der Waals surface area contributed by atoms with Gasteiger partial charge in [0, 0.05) is 6.54 Å². The maximum absolute atomic E-state index is 9.76. The van der Waals surface area contributed by atoms with Crippen LogP contribution >= 0.6 is 0 Å². The fourth-order valence-electron chi connectivity index (χ4n) is 2.07. The molecule has 2 rings (SSSR count). The van der Waals surface area contributed by atoms with Crippen LogP contribution in [0.3, 0.4) is 0 Å². The van der Waals surface area contributed by atoms with Crippen LogP contribution in [-0.2, 0) is 13.2 Å². The maximum Gasteiger partial charge on any atom is 0.164 e. The first-order valence-corrected chi connectivity index (χ1v) is 7.37. The third kappa shape index (κ3) is 4.29. The molecule has 0 amide bonds. The van der Waals surface area contributed by atoms with Gasteiger partial charge in [-0.15, -0.1) is 0 Å². The Kier molecular flexibility index (Phi) is 5.33. The molecule has 1 aromatic carbocycles. The van der Waals surface area contributed by atoms with Gasteiger partial charge in [0.2, 0.25) is 0 Å². The summed E-state index contributed by atoms with van der Waals surface area (Å²) in [4.78, 5) is 4.23. The third-order valence-corrected chi connectivity index (χ3v) is 3.25. The van der Waals surface area contributed by atoms with E-state index < -0.39 is 6.10 Å². The zero-order valence-electron chi connectivity index (χ0n) is 12.9. The van der Waals surface area contributed by atoms with E-state index in [9.17, 15) is 5.11 Å². The van der Waals surface area contributed by atoms with Crippen molar-refractivity contribution in [3.05, 3.63) is 42.0 Å². The van der Waals surface area contributed by atoms with Gasteiger partial charge in [0.25, 0.3) is 0 Å². The second-order valence-corrected chi connectivity index (χ2v) is 5.53. The highest BCUT2D eigenvalue weighted by Gasteiger charge is 2.08. The van der Waals surface area contributed by atoms with Gasteiger partial charge in [-0.25, -0.2) is 9.67 Å². The topological polar surface area (TPSA) is 60.2 Å². The predicted octanol–water partition coefficient (Wildman–Crippen LogP) is 2.96. The molecule has 1 atom stereocenters. The molecule has 2 aromatic rings. The van der Waals surface area contributed by atoms with Gasteiger partial charge in [-0.05, 0) is 30.0 Å². The molecule has 0 saturated carbocycles. The van der Waals surface area contributed by atoms with E-state index in [0.717, 1.165) is 23.7 Å². The molecule has 1 N–H and O–H groups in total. The minimum Gasteiger partial charge on any atom is -0.486 e. The standard InChI is InChI=1S/C16H23N3O2/c1-4-15(20)13-5-7-14(8-6-13)21-10-16-17-11-18-19(16)9-12(2)3/h5-8,11-12,15,20H,4,9-10H2,1-3H3. The van der Waals surface area contributed by atoms with Gasteiger partial charge in [0.1, 0.15) is 18.7 Å². The van der Waals surface area contributed by atoms with Crippen molar-refractivity contribution in [2.45, 2.75) is 46.4 Å². The van der Waals surface area contributed by atoms with Crippen LogP contribution in [0.4, 0.5) is 0 Å². The number of hydrogen-bond acceptors (Lipinski definition) is 4. The monoisotopic (exact) mass is 289 g/mol. The first-order chi connectivity index (χ1) is 10.1. The molecule has 1 heterocycles. The lowest BCUT2D eigenvalue weighted by Gasteiger charge is -2.11. The Morgan fingerprint density at radius 3 is 2.57 bits per heavy atom. The predicted molar refractivity (Wildman–Crippen MR) is 80.9 cm³/mol. The first-order valence-electron chi connectivity index (χ1n) is 7.37. The van der Waals surface area contributed by atoms with Gasteiger partial charge in [0.05, 0.1) is 6.10 Å². The molecule has 1 unspecified atom stereocenters. The lowest BCUT2D eigenvalue weighted by molar-refractivity contribution is 0.173. The largest absolute Gasteiger partial charge is 0.486 e. The molecular weight excluding hydrogens is 266 g/mol. The van der Waals surface area contributed by atoms with Crippen molar-refractivity contribution in [2.75, 3.05) is 0 Å². The summed E-state index contributed by atoms with van der Waals surface area (Å²) in [6.07, 6.45) is 1.86. The van der Waals surface area contributed by atoms with Gasteiger partial charge in [-0.1, -0.05) is 32.9 Å². The summed E-state index contributed by atoms with van der Waals surface area (Å²) < 4.78 is 7.61. The number of aliphatic hydroxyl groups is 1. The van der Waals surface area contributed by atoms with Crippen LogP contribution < -0.4 is 4.74 Å². The second-order valence-electron chi connectivity index (χ2n) is 5.53. The molecule has 0 aliphatic heterocycles. The number of nitrogens with zero attached hydrogens (tertiary/aromatic N) is 3.